The molecule has 102 valence electrons. The number of aliphatic hydroxyl groups excluding tert-OH is 1. The number of rotatable bonds is 6. The maximum absolute atomic E-state index is 10.5. The van der Waals surface area contributed by atoms with Crippen LogP contribution in [0.2, 0.25) is 0 Å². The Labute approximate surface area is 108 Å². The highest BCUT2D eigenvalue weighted by atomic mass is 16.6. The first-order valence-electron chi connectivity index (χ1n) is 5.62. The van der Waals surface area contributed by atoms with Gasteiger partial charge in [0, 0.05) is 19.8 Å². The first-order valence-corrected chi connectivity index (χ1v) is 5.62. The van der Waals surface area contributed by atoms with Crippen LogP contribution in [0.3, 0.4) is 0 Å². The number of aryl methyl sites for hydroxylation is 1. The van der Waals surface area contributed by atoms with Crippen molar-refractivity contribution in [3.05, 3.63) is 34.9 Å². The van der Waals surface area contributed by atoms with E-state index in [0.29, 0.717) is 6.54 Å². The molecule has 19 heavy (non-hydrogen) atoms. The Morgan fingerprint density at radius 1 is 1.47 bits per heavy atom. The lowest BCUT2D eigenvalue weighted by atomic mass is 10.3. The van der Waals surface area contributed by atoms with Gasteiger partial charge in [-0.25, -0.2) is 0 Å². The average molecular weight is 266 g/mol. The van der Waals surface area contributed by atoms with Crippen LogP contribution in [0.25, 0.3) is 0 Å². The smallest absolute Gasteiger partial charge is 0.306 e. The van der Waals surface area contributed by atoms with Crippen LogP contribution in [0.5, 0.6) is 0 Å². The summed E-state index contributed by atoms with van der Waals surface area (Å²) in [6.45, 7) is 0.487. The molecular weight excluding hydrogens is 252 g/mol. The van der Waals surface area contributed by atoms with E-state index in [-0.39, 0.29) is 12.2 Å². The van der Waals surface area contributed by atoms with E-state index in [1.807, 2.05) is 0 Å². The van der Waals surface area contributed by atoms with Crippen LogP contribution in [0.4, 0.5) is 11.4 Å². The van der Waals surface area contributed by atoms with E-state index in [4.69, 9.17) is 0 Å². The zero-order chi connectivity index (χ0) is 13.8. The molecule has 0 spiro atoms. The zero-order valence-electron chi connectivity index (χ0n) is 10.3. The van der Waals surface area contributed by atoms with Gasteiger partial charge in [-0.3, -0.25) is 19.5 Å². The Bertz CT molecular complexity index is 563. The number of aromatic nitrogens is 4. The van der Waals surface area contributed by atoms with Crippen molar-refractivity contribution in [1.82, 2.24) is 19.6 Å². The second-order valence-corrected chi connectivity index (χ2v) is 4.12. The van der Waals surface area contributed by atoms with Crippen molar-refractivity contribution in [2.45, 2.75) is 12.6 Å². The summed E-state index contributed by atoms with van der Waals surface area (Å²) < 4.78 is 2.99. The predicted octanol–water partition coefficient (Wildman–Crippen LogP) is -0.00220. The maximum atomic E-state index is 10.5. The highest BCUT2D eigenvalue weighted by Crippen LogP contribution is 2.08. The Kier molecular flexibility index (Phi) is 3.76. The fourth-order valence-corrected chi connectivity index (χ4v) is 1.58. The van der Waals surface area contributed by atoms with Crippen molar-refractivity contribution in [1.29, 1.82) is 0 Å². The van der Waals surface area contributed by atoms with Gasteiger partial charge in [0.15, 0.2) is 0 Å². The minimum absolute atomic E-state index is 0.0904. The third-order valence-electron chi connectivity index (χ3n) is 2.47. The maximum Gasteiger partial charge on any atom is 0.306 e. The molecule has 2 rings (SSSR count). The summed E-state index contributed by atoms with van der Waals surface area (Å²) in [7, 11) is 1.80. The number of aliphatic hydroxyl groups is 1. The van der Waals surface area contributed by atoms with Crippen molar-refractivity contribution in [2.24, 2.45) is 7.05 Å². The highest BCUT2D eigenvalue weighted by molar-refractivity contribution is 5.37. The fraction of sp³-hybridized carbons (Fsp3) is 0.400. The normalized spacial score (nSPS) is 12.3. The first kappa shape index (κ1) is 13.0. The fourth-order valence-electron chi connectivity index (χ4n) is 1.58. The molecule has 1 unspecified atom stereocenters. The van der Waals surface area contributed by atoms with Crippen molar-refractivity contribution in [3.63, 3.8) is 0 Å². The highest BCUT2D eigenvalue weighted by Gasteiger charge is 2.11. The van der Waals surface area contributed by atoms with E-state index in [9.17, 15) is 15.2 Å². The van der Waals surface area contributed by atoms with Gasteiger partial charge in [0.25, 0.3) is 0 Å². The van der Waals surface area contributed by atoms with Crippen LogP contribution in [0, 0.1) is 10.1 Å². The van der Waals surface area contributed by atoms with Gasteiger partial charge < -0.3 is 10.4 Å². The summed E-state index contributed by atoms with van der Waals surface area (Å²) in [5.41, 5.74) is 0.709. The number of hydrogen-bond acceptors (Lipinski definition) is 6. The van der Waals surface area contributed by atoms with E-state index >= 15 is 0 Å². The standard InChI is InChI=1S/C10H14N6O3/c1-14-5-8(2-12-14)11-4-10(17)7-15-6-9(3-13-15)16(18)19/h2-3,5-6,10-11,17H,4,7H2,1H3. The molecule has 2 N–H and O–H groups in total. The molecule has 2 aromatic rings. The van der Waals surface area contributed by atoms with Crippen LogP contribution >= 0.6 is 0 Å². The molecule has 0 aliphatic heterocycles. The van der Waals surface area contributed by atoms with Gasteiger partial charge in [-0.15, -0.1) is 0 Å². The molecule has 9 heteroatoms. The molecule has 0 bridgehead atoms. The summed E-state index contributed by atoms with van der Waals surface area (Å²) in [5.74, 6) is 0. The minimum atomic E-state index is -0.709. The molecule has 0 aliphatic carbocycles. The lowest BCUT2D eigenvalue weighted by molar-refractivity contribution is -0.385. The number of anilines is 1. The number of nitrogens with zero attached hydrogens (tertiary/aromatic N) is 5. The van der Waals surface area contributed by atoms with Crippen molar-refractivity contribution in [2.75, 3.05) is 11.9 Å². The predicted molar refractivity (Wildman–Crippen MR) is 66.6 cm³/mol. The molecule has 2 heterocycles. The van der Waals surface area contributed by atoms with E-state index in [1.54, 1.807) is 24.1 Å². The zero-order valence-corrected chi connectivity index (χ0v) is 10.3. The van der Waals surface area contributed by atoms with Gasteiger partial charge >= 0.3 is 5.69 Å². The number of hydrogen-bond donors (Lipinski definition) is 2. The van der Waals surface area contributed by atoms with Gasteiger partial charge in [0.05, 0.1) is 29.5 Å². The third kappa shape index (κ3) is 3.52. The lowest BCUT2D eigenvalue weighted by Crippen LogP contribution is -2.25. The first-order chi connectivity index (χ1) is 9.04. The molecule has 0 amide bonds. The van der Waals surface area contributed by atoms with E-state index in [2.05, 4.69) is 15.5 Å². The van der Waals surface area contributed by atoms with Crippen LogP contribution in [-0.2, 0) is 13.6 Å². The van der Waals surface area contributed by atoms with E-state index < -0.39 is 11.0 Å². The minimum Gasteiger partial charge on any atom is -0.389 e. The van der Waals surface area contributed by atoms with Crippen molar-refractivity contribution in [3.8, 4) is 0 Å². The Morgan fingerprint density at radius 2 is 2.26 bits per heavy atom. The molecule has 2 aromatic heterocycles. The van der Waals surface area contributed by atoms with Crippen molar-refractivity contribution >= 4 is 11.4 Å². The quantitative estimate of drug-likeness (QED) is 0.562. The van der Waals surface area contributed by atoms with Crippen LogP contribution in [-0.4, -0.2) is 42.2 Å². The Hall–Kier alpha value is -2.42. The van der Waals surface area contributed by atoms with Gasteiger partial charge in [0.2, 0.25) is 0 Å². The summed E-state index contributed by atoms with van der Waals surface area (Å²) in [6.07, 6.45) is 5.16. The lowest BCUT2D eigenvalue weighted by Gasteiger charge is -2.11. The second-order valence-electron chi connectivity index (χ2n) is 4.12. The summed E-state index contributed by atoms with van der Waals surface area (Å²) >= 11 is 0. The molecule has 0 radical (unpaired) electrons. The van der Waals surface area contributed by atoms with Crippen LogP contribution < -0.4 is 5.32 Å². The molecule has 0 saturated carbocycles. The van der Waals surface area contributed by atoms with Crippen LogP contribution in [0.15, 0.2) is 24.8 Å². The molecule has 0 aromatic carbocycles. The topological polar surface area (TPSA) is 111 Å². The van der Waals surface area contributed by atoms with Gasteiger partial charge in [-0.2, -0.15) is 10.2 Å². The van der Waals surface area contributed by atoms with Crippen molar-refractivity contribution < 1.29 is 10.0 Å². The summed E-state index contributed by atoms with van der Waals surface area (Å²) in [5, 5.41) is 31.1. The molecule has 0 fully saturated rings. The molecule has 0 saturated heterocycles. The molecule has 1 atom stereocenters. The van der Waals surface area contributed by atoms with Crippen LogP contribution in [0.1, 0.15) is 0 Å². The number of nitrogens with one attached hydrogen (secondary N) is 1. The van der Waals surface area contributed by atoms with E-state index in [0.717, 1.165) is 11.9 Å². The third-order valence-corrected chi connectivity index (χ3v) is 2.47. The summed E-state index contributed by atoms with van der Waals surface area (Å²) in [6, 6.07) is 0. The van der Waals surface area contributed by atoms with Gasteiger partial charge in [-0.05, 0) is 0 Å². The SMILES string of the molecule is Cn1cc(NCC(O)Cn2cc([N+](=O)[O-])cn2)cn1. The number of nitro groups is 1. The molecule has 0 aliphatic rings. The monoisotopic (exact) mass is 266 g/mol. The molecule has 9 nitrogen and oxygen atoms in total. The van der Waals surface area contributed by atoms with Gasteiger partial charge in [0.1, 0.15) is 12.4 Å². The molecular formula is C10H14N6O3. The van der Waals surface area contributed by atoms with Gasteiger partial charge in [-0.1, -0.05) is 0 Å². The Morgan fingerprint density at radius 3 is 2.84 bits per heavy atom. The second kappa shape index (κ2) is 5.48. The Balaban J connectivity index is 1.83. The largest absolute Gasteiger partial charge is 0.389 e. The van der Waals surface area contributed by atoms with E-state index in [1.165, 1.54) is 10.9 Å². The average Bonchev–Trinajstić information content (AvgIpc) is 2.96. The summed E-state index contributed by atoms with van der Waals surface area (Å²) in [4.78, 5) is 9.96.